The average molecular weight is 560 g/mol. The number of carbonyl (C=O) groups excluding carboxylic acids is 2. The second-order valence-corrected chi connectivity index (χ2v) is 8.60. The number of hydrogen-bond acceptors (Lipinski definition) is 4. The minimum absolute atomic E-state index is 0.0521. The summed E-state index contributed by atoms with van der Waals surface area (Å²) in [6.45, 7) is 5.91. The monoisotopic (exact) mass is 559 g/mol. The molecule has 3 rings (SSSR count). The van der Waals surface area contributed by atoms with Crippen LogP contribution in [0.4, 0.5) is 32.0 Å². The number of allylic oxidation sites excluding steroid dienone is 1. The molecule has 2 aromatic rings. The SMILES string of the molecule is CCOC(=O)C1=C(C)N(CC)C(=S)NC1c1ccc(NC(=O)c2cc(C(F)(F)F)cc(C(F)(F)F)c2)cc1. The van der Waals surface area contributed by atoms with Crippen LogP contribution in [0.25, 0.3) is 0 Å². The minimum Gasteiger partial charge on any atom is -0.463 e. The molecule has 1 unspecified atom stereocenters. The fourth-order valence-corrected chi connectivity index (χ4v) is 4.32. The number of nitrogens with zero attached hydrogens (tertiary/aromatic N) is 1. The number of esters is 1. The summed E-state index contributed by atoms with van der Waals surface area (Å²) in [6, 6.07) is 5.85. The van der Waals surface area contributed by atoms with Crippen molar-refractivity contribution < 1.29 is 40.7 Å². The van der Waals surface area contributed by atoms with Crippen molar-refractivity contribution in [2.45, 2.75) is 39.2 Å². The number of carbonyl (C=O) groups is 2. The van der Waals surface area contributed by atoms with E-state index in [0.717, 1.165) is 0 Å². The predicted molar refractivity (Wildman–Crippen MR) is 131 cm³/mol. The zero-order valence-electron chi connectivity index (χ0n) is 20.4. The second-order valence-electron chi connectivity index (χ2n) is 8.22. The topological polar surface area (TPSA) is 70.7 Å². The van der Waals surface area contributed by atoms with Gasteiger partial charge in [0.25, 0.3) is 5.91 Å². The van der Waals surface area contributed by atoms with Crippen molar-refractivity contribution >= 4 is 34.9 Å². The normalized spacial score (nSPS) is 16.3. The first-order valence-corrected chi connectivity index (χ1v) is 11.7. The van der Waals surface area contributed by atoms with E-state index in [1.54, 1.807) is 18.7 Å². The molecule has 1 aliphatic heterocycles. The van der Waals surface area contributed by atoms with Gasteiger partial charge in [-0.2, -0.15) is 26.3 Å². The molecule has 2 N–H and O–H groups in total. The van der Waals surface area contributed by atoms with Crippen LogP contribution in [0.1, 0.15) is 53.9 Å². The van der Waals surface area contributed by atoms with E-state index in [0.29, 0.717) is 40.6 Å². The zero-order valence-corrected chi connectivity index (χ0v) is 21.2. The number of thiocarbonyl (C=S) groups is 1. The molecule has 6 nitrogen and oxygen atoms in total. The van der Waals surface area contributed by atoms with Gasteiger partial charge in [0.2, 0.25) is 0 Å². The molecule has 0 radical (unpaired) electrons. The van der Waals surface area contributed by atoms with Crippen LogP contribution in [-0.4, -0.2) is 35.0 Å². The van der Waals surface area contributed by atoms with Crippen LogP contribution in [0.3, 0.4) is 0 Å². The van der Waals surface area contributed by atoms with Crippen LogP contribution in [0.5, 0.6) is 0 Å². The molecule has 0 aliphatic carbocycles. The maximum atomic E-state index is 13.1. The number of alkyl halides is 6. The molecule has 0 spiro atoms. The fourth-order valence-electron chi connectivity index (χ4n) is 3.93. The van der Waals surface area contributed by atoms with Crippen LogP contribution in [0.2, 0.25) is 0 Å². The Kier molecular flexibility index (Phi) is 8.39. The van der Waals surface area contributed by atoms with Gasteiger partial charge in [0.15, 0.2) is 5.11 Å². The van der Waals surface area contributed by atoms with Gasteiger partial charge in [0.1, 0.15) is 0 Å². The molecule has 1 atom stereocenters. The van der Waals surface area contributed by atoms with Crippen molar-refractivity contribution in [3.05, 3.63) is 76.0 Å². The first-order valence-electron chi connectivity index (χ1n) is 11.3. The number of amides is 1. The van der Waals surface area contributed by atoms with Crippen molar-refractivity contribution in [2.24, 2.45) is 0 Å². The molecule has 0 bridgehead atoms. The van der Waals surface area contributed by atoms with Gasteiger partial charge >= 0.3 is 18.3 Å². The summed E-state index contributed by atoms with van der Waals surface area (Å²) in [4.78, 5) is 27.0. The van der Waals surface area contributed by atoms with Gasteiger partial charge in [-0.15, -0.1) is 0 Å². The highest BCUT2D eigenvalue weighted by molar-refractivity contribution is 7.80. The van der Waals surface area contributed by atoms with Crippen LogP contribution in [-0.2, 0) is 21.9 Å². The molecular weight excluding hydrogens is 536 g/mol. The number of rotatable bonds is 6. The third kappa shape index (κ3) is 6.26. The van der Waals surface area contributed by atoms with E-state index >= 15 is 0 Å². The molecule has 38 heavy (non-hydrogen) atoms. The van der Waals surface area contributed by atoms with Crippen LogP contribution in [0, 0.1) is 0 Å². The highest BCUT2D eigenvalue weighted by Crippen LogP contribution is 2.37. The summed E-state index contributed by atoms with van der Waals surface area (Å²) in [5, 5.41) is 5.76. The molecule has 13 heteroatoms. The van der Waals surface area contributed by atoms with Crippen molar-refractivity contribution in [2.75, 3.05) is 18.5 Å². The number of nitrogens with one attached hydrogen (secondary N) is 2. The first-order chi connectivity index (χ1) is 17.7. The quantitative estimate of drug-likeness (QED) is 0.255. The average Bonchev–Trinajstić information content (AvgIpc) is 2.83. The smallest absolute Gasteiger partial charge is 0.416 e. The Morgan fingerprint density at radius 3 is 2.03 bits per heavy atom. The Morgan fingerprint density at radius 1 is 1.00 bits per heavy atom. The summed E-state index contributed by atoms with van der Waals surface area (Å²) < 4.78 is 84.0. The molecule has 204 valence electrons. The lowest BCUT2D eigenvalue weighted by Gasteiger charge is -2.37. The van der Waals surface area contributed by atoms with Crippen molar-refractivity contribution in [3.63, 3.8) is 0 Å². The van der Waals surface area contributed by atoms with Gasteiger partial charge in [-0.3, -0.25) is 4.79 Å². The summed E-state index contributed by atoms with van der Waals surface area (Å²) in [7, 11) is 0. The zero-order chi connectivity index (χ0) is 28.4. The van der Waals surface area contributed by atoms with Gasteiger partial charge in [-0.05, 0) is 68.9 Å². The van der Waals surface area contributed by atoms with Gasteiger partial charge in [-0.25, -0.2) is 4.79 Å². The second kappa shape index (κ2) is 11.0. The van der Waals surface area contributed by atoms with Gasteiger partial charge in [0, 0.05) is 23.5 Å². The molecule has 0 fully saturated rings. The summed E-state index contributed by atoms with van der Waals surface area (Å²) in [5.41, 5.74) is -2.41. The Morgan fingerprint density at radius 2 is 1.55 bits per heavy atom. The van der Waals surface area contributed by atoms with E-state index < -0.39 is 47.0 Å². The molecule has 1 amide bonds. The molecule has 0 saturated heterocycles. The third-order valence-electron chi connectivity index (χ3n) is 5.76. The van der Waals surface area contributed by atoms with Gasteiger partial charge in [0.05, 0.1) is 29.3 Å². The number of ether oxygens (including phenoxy) is 1. The first kappa shape index (κ1) is 29.0. The third-order valence-corrected chi connectivity index (χ3v) is 6.10. The number of benzene rings is 2. The number of anilines is 1. The molecule has 1 heterocycles. The molecule has 0 aromatic heterocycles. The van der Waals surface area contributed by atoms with E-state index in [1.807, 2.05) is 6.92 Å². The Labute approximate surface area is 219 Å². The fraction of sp³-hybridized carbons (Fsp3) is 0.320. The van der Waals surface area contributed by atoms with Crippen molar-refractivity contribution in [1.29, 1.82) is 0 Å². The minimum atomic E-state index is -5.08. The summed E-state index contributed by atoms with van der Waals surface area (Å²) >= 11 is 5.41. The van der Waals surface area contributed by atoms with Crippen LogP contribution >= 0.6 is 12.2 Å². The van der Waals surface area contributed by atoms with E-state index in [-0.39, 0.29) is 18.4 Å². The molecule has 1 aliphatic rings. The Bertz CT molecular complexity index is 1240. The Balaban J connectivity index is 1.90. The predicted octanol–water partition coefficient (Wildman–Crippen LogP) is 6.06. The van der Waals surface area contributed by atoms with Crippen molar-refractivity contribution in [3.8, 4) is 0 Å². The molecule has 2 aromatic carbocycles. The highest BCUT2D eigenvalue weighted by Gasteiger charge is 2.38. The van der Waals surface area contributed by atoms with Crippen LogP contribution < -0.4 is 10.6 Å². The standard InChI is InChI=1S/C25H23F6N3O3S/c1-4-34-13(3)19(22(36)37-5-2)20(33-23(34)38)14-6-8-18(9-7-14)32-21(35)15-10-16(24(26,27)28)12-17(11-15)25(29,30)31/h6-12,20H,4-5H2,1-3H3,(H,32,35)(H,33,38). The summed E-state index contributed by atoms with van der Waals surface area (Å²) in [5.74, 6) is -1.71. The van der Waals surface area contributed by atoms with E-state index in [2.05, 4.69) is 10.6 Å². The Hall–Kier alpha value is -3.61. The van der Waals surface area contributed by atoms with Gasteiger partial charge in [-0.1, -0.05) is 12.1 Å². The maximum Gasteiger partial charge on any atom is 0.416 e. The van der Waals surface area contributed by atoms with Crippen LogP contribution in [0.15, 0.2) is 53.7 Å². The van der Waals surface area contributed by atoms with Gasteiger partial charge < -0.3 is 20.3 Å². The largest absolute Gasteiger partial charge is 0.463 e. The highest BCUT2D eigenvalue weighted by atomic mass is 32.1. The van der Waals surface area contributed by atoms with Crippen molar-refractivity contribution in [1.82, 2.24) is 10.2 Å². The van der Waals surface area contributed by atoms with E-state index in [9.17, 15) is 35.9 Å². The van der Waals surface area contributed by atoms with E-state index in [4.69, 9.17) is 17.0 Å². The lowest BCUT2D eigenvalue weighted by molar-refractivity contribution is -0.143. The molecule has 0 saturated carbocycles. The summed E-state index contributed by atoms with van der Waals surface area (Å²) in [6.07, 6.45) is -10.2. The maximum absolute atomic E-state index is 13.1. The lowest BCUT2D eigenvalue weighted by atomic mass is 9.94. The lowest BCUT2D eigenvalue weighted by Crippen LogP contribution is -2.47. The number of halogens is 6. The number of hydrogen-bond donors (Lipinski definition) is 2. The molecular formula is C25H23F6N3O3S. The van der Waals surface area contributed by atoms with E-state index in [1.165, 1.54) is 24.3 Å².